The van der Waals surface area contributed by atoms with Gasteiger partial charge in [0, 0.05) is 24.0 Å². The lowest BCUT2D eigenvalue weighted by atomic mass is 10.1. The highest BCUT2D eigenvalue weighted by Gasteiger charge is 2.28. The maximum Gasteiger partial charge on any atom is 0.254 e. The van der Waals surface area contributed by atoms with Crippen LogP contribution in [0.3, 0.4) is 0 Å². The van der Waals surface area contributed by atoms with Crippen LogP contribution in [0.5, 0.6) is 0 Å². The predicted molar refractivity (Wildman–Crippen MR) is 75.2 cm³/mol. The first-order valence-electron chi connectivity index (χ1n) is 6.28. The number of morpholine rings is 1. The molecule has 0 saturated carbocycles. The summed E-state index contributed by atoms with van der Waals surface area (Å²) in [6.07, 6.45) is 0.0241. The molecule has 0 radical (unpaired) electrons. The van der Waals surface area contributed by atoms with Crippen LogP contribution in [0.1, 0.15) is 22.8 Å². The molecule has 19 heavy (non-hydrogen) atoms. The number of hydrogen-bond donors (Lipinski definition) is 0. The van der Waals surface area contributed by atoms with Crippen LogP contribution in [0.15, 0.2) is 18.2 Å². The largest absolute Gasteiger partial charge is 0.371 e. The fourth-order valence-corrected chi connectivity index (χ4v) is 2.61. The van der Waals surface area contributed by atoms with E-state index >= 15 is 0 Å². The van der Waals surface area contributed by atoms with Gasteiger partial charge in [0.1, 0.15) is 5.82 Å². The Balaban J connectivity index is 2.16. The van der Waals surface area contributed by atoms with E-state index in [1.165, 1.54) is 12.1 Å². The van der Waals surface area contributed by atoms with Crippen LogP contribution in [0, 0.1) is 12.7 Å². The van der Waals surface area contributed by atoms with Crippen LogP contribution in [0.25, 0.3) is 0 Å². The lowest BCUT2D eigenvalue weighted by Gasteiger charge is -2.36. The van der Waals surface area contributed by atoms with Gasteiger partial charge in [-0.25, -0.2) is 4.39 Å². The van der Waals surface area contributed by atoms with Crippen molar-refractivity contribution in [3.8, 4) is 0 Å². The van der Waals surface area contributed by atoms with E-state index in [2.05, 4.69) is 15.9 Å². The highest BCUT2D eigenvalue weighted by molar-refractivity contribution is 9.09. The van der Waals surface area contributed by atoms with Gasteiger partial charge in [0.2, 0.25) is 0 Å². The summed E-state index contributed by atoms with van der Waals surface area (Å²) in [4.78, 5) is 14.2. The quantitative estimate of drug-likeness (QED) is 0.781. The minimum atomic E-state index is -0.287. The molecule has 5 heteroatoms. The van der Waals surface area contributed by atoms with Crippen molar-refractivity contribution >= 4 is 21.8 Å². The van der Waals surface area contributed by atoms with Crippen LogP contribution in [-0.4, -0.2) is 41.4 Å². The molecule has 1 aromatic rings. The number of ether oxygens (including phenoxy) is 1. The second-order valence-corrected chi connectivity index (χ2v) is 5.54. The number of alkyl halides is 1. The Hall–Kier alpha value is -0.940. The lowest BCUT2D eigenvalue weighted by molar-refractivity contribution is -0.0559. The molecule has 1 fully saturated rings. The van der Waals surface area contributed by atoms with E-state index in [-0.39, 0.29) is 23.9 Å². The van der Waals surface area contributed by atoms with E-state index < -0.39 is 0 Å². The maximum atomic E-state index is 13.2. The van der Waals surface area contributed by atoms with Crippen molar-refractivity contribution in [1.29, 1.82) is 0 Å². The van der Waals surface area contributed by atoms with Crippen molar-refractivity contribution in [3.63, 3.8) is 0 Å². The lowest BCUT2D eigenvalue weighted by Crippen LogP contribution is -2.49. The van der Waals surface area contributed by atoms with Gasteiger partial charge >= 0.3 is 0 Å². The summed E-state index contributed by atoms with van der Waals surface area (Å²) in [6.45, 7) is 4.74. The van der Waals surface area contributed by atoms with Gasteiger partial charge in [-0.15, -0.1) is 0 Å². The SMILES string of the molecule is Cc1cc(C(=O)N2CC(C)OC(CBr)C2)ccc1F. The first-order valence-corrected chi connectivity index (χ1v) is 7.40. The van der Waals surface area contributed by atoms with Crippen molar-refractivity contribution in [1.82, 2.24) is 4.90 Å². The van der Waals surface area contributed by atoms with E-state index in [4.69, 9.17) is 4.74 Å². The Bertz CT molecular complexity index is 481. The zero-order chi connectivity index (χ0) is 14.0. The molecule has 3 nitrogen and oxygen atoms in total. The maximum absolute atomic E-state index is 13.2. The molecular weight excluding hydrogens is 313 g/mol. The smallest absolute Gasteiger partial charge is 0.254 e. The molecule has 104 valence electrons. The molecular formula is C14H17BrFNO2. The fraction of sp³-hybridized carbons (Fsp3) is 0.500. The average molecular weight is 330 g/mol. The number of carbonyl (C=O) groups is 1. The minimum Gasteiger partial charge on any atom is -0.371 e. The van der Waals surface area contributed by atoms with Gasteiger partial charge in [-0.1, -0.05) is 15.9 Å². The van der Waals surface area contributed by atoms with Gasteiger partial charge in [-0.05, 0) is 37.6 Å². The first kappa shape index (κ1) is 14.5. The van der Waals surface area contributed by atoms with Crippen molar-refractivity contribution in [2.45, 2.75) is 26.1 Å². The zero-order valence-corrected chi connectivity index (χ0v) is 12.6. The van der Waals surface area contributed by atoms with Crippen molar-refractivity contribution in [2.24, 2.45) is 0 Å². The third kappa shape index (κ3) is 3.34. The molecule has 1 amide bonds. The van der Waals surface area contributed by atoms with Gasteiger partial charge in [-0.3, -0.25) is 4.79 Å². The third-order valence-corrected chi connectivity index (χ3v) is 3.91. The fourth-order valence-electron chi connectivity index (χ4n) is 2.26. The van der Waals surface area contributed by atoms with E-state index in [0.29, 0.717) is 29.5 Å². The number of hydrogen-bond acceptors (Lipinski definition) is 2. The summed E-state index contributed by atoms with van der Waals surface area (Å²) in [7, 11) is 0. The predicted octanol–water partition coefficient (Wildman–Crippen LogP) is 2.76. The zero-order valence-electron chi connectivity index (χ0n) is 11.0. The molecule has 2 atom stereocenters. The normalized spacial score (nSPS) is 23.5. The molecule has 1 aliphatic rings. The summed E-state index contributed by atoms with van der Waals surface area (Å²) < 4.78 is 18.9. The van der Waals surface area contributed by atoms with Crippen molar-refractivity contribution < 1.29 is 13.9 Å². The summed E-state index contributed by atoms with van der Waals surface area (Å²) >= 11 is 3.38. The van der Waals surface area contributed by atoms with Crippen LogP contribution < -0.4 is 0 Å². The van der Waals surface area contributed by atoms with Crippen molar-refractivity contribution in [3.05, 3.63) is 35.1 Å². The summed E-state index contributed by atoms with van der Waals surface area (Å²) in [6, 6.07) is 4.48. The van der Waals surface area contributed by atoms with Gasteiger partial charge in [-0.2, -0.15) is 0 Å². The number of rotatable bonds is 2. The molecule has 0 aromatic heterocycles. The molecule has 0 aliphatic carbocycles. The number of carbonyl (C=O) groups excluding carboxylic acids is 1. The first-order chi connectivity index (χ1) is 9.01. The summed E-state index contributed by atoms with van der Waals surface area (Å²) in [5, 5.41) is 0.698. The molecule has 1 aliphatic heterocycles. The van der Waals surface area contributed by atoms with Crippen LogP contribution >= 0.6 is 15.9 Å². The topological polar surface area (TPSA) is 29.5 Å². The third-order valence-electron chi connectivity index (χ3n) is 3.19. The van der Waals surface area contributed by atoms with E-state index in [0.717, 1.165) is 0 Å². The van der Waals surface area contributed by atoms with Gasteiger partial charge < -0.3 is 9.64 Å². The average Bonchev–Trinajstić information content (AvgIpc) is 2.40. The Labute approximate surface area is 120 Å². The molecule has 2 rings (SSSR count). The second-order valence-electron chi connectivity index (χ2n) is 4.90. The Morgan fingerprint density at radius 1 is 1.53 bits per heavy atom. The number of benzene rings is 1. The number of nitrogens with zero attached hydrogens (tertiary/aromatic N) is 1. The molecule has 0 bridgehead atoms. The van der Waals surface area contributed by atoms with E-state index in [1.807, 2.05) is 6.92 Å². The molecule has 1 heterocycles. The van der Waals surface area contributed by atoms with Crippen LogP contribution in [0.2, 0.25) is 0 Å². The second kappa shape index (κ2) is 6.01. The van der Waals surface area contributed by atoms with Gasteiger partial charge in [0.15, 0.2) is 0 Å². The van der Waals surface area contributed by atoms with E-state index in [1.54, 1.807) is 17.9 Å². The molecule has 0 spiro atoms. The highest BCUT2D eigenvalue weighted by Crippen LogP contribution is 2.17. The summed E-state index contributed by atoms with van der Waals surface area (Å²) in [5.74, 6) is -0.352. The van der Waals surface area contributed by atoms with Gasteiger partial charge in [0.05, 0.1) is 12.2 Å². The number of amides is 1. The van der Waals surface area contributed by atoms with Crippen LogP contribution in [0.4, 0.5) is 4.39 Å². The van der Waals surface area contributed by atoms with Gasteiger partial charge in [0.25, 0.3) is 5.91 Å². The molecule has 0 N–H and O–H groups in total. The number of halogens is 2. The van der Waals surface area contributed by atoms with Crippen LogP contribution in [-0.2, 0) is 4.74 Å². The molecule has 1 aromatic carbocycles. The Kier molecular flexibility index (Phi) is 4.58. The summed E-state index contributed by atoms with van der Waals surface area (Å²) in [5.41, 5.74) is 1.02. The monoisotopic (exact) mass is 329 g/mol. The molecule has 2 unspecified atom stereocenters. The van der Waals surface area contributed by atoms with Crippen molar-refractivity contribution in [2.75, 3.05) is 18.4 Å². The highest BCUT2D eigenvalue weighted by atomic mass is 79.9. The standard InChI is InChI=1S/C14H17BrFNO2/c1-9-5-11(3-4-13(9)16)14(18)17-7-10(2)19-12(6-15)8-17/h3-5,10,12H,6-8H2,1-2H3. The Morgan fingerprint density at radius 2 is 2.26 bits per heavy atom. The number of aryl methyl sites for hydroxylation is 1. The minimum absolute atomic E-state index is 0.00856. The Morgan fingerprint density at radius 3 is 2.89 bits per heavy atom. The van der Waals surface area contributed by atoms with E-state index in [9.17, 15) is 9.18 Å². The molecule has 1 saturated heterocycles.